The van der Waals surface area contributed by atoms with Gasteiger partial charge in [0.05, 0.1) is 28.1 Å². The van der Waals surface area contributed by atoms with Gasteiger partial charge in [-0.2, -0.15) is 0 Å². The maximum absolute atomic E-state index is 2.59. The van der Waals surface area contributed by atoms with E-state index in [2.05, 4.69) is 304 Å². The van der Waals surface area contributed by atoms with Gasteiger partial charge in [0, 0.05) is 32.8 Å². The molecule has 0 aliphatic rings. The van der Waals surface area contributed by atoms with E-state index in [0.29, 0.717) is 0 Å². The molecule has 0 aliphatic carbocycles. The molecule has 2 nitrogen and oxygen atoms in total. The highest BCUT2D eigenvalue weighted by atomic mass is 15.1. The Morgan fingerprint density at radius 1 is 0.308 bits per heavy atom. The molecule has 0 saturated carbocycles. The second-order valence-electron chi connectivity index (χ2n) is 28.9. The molecule has 0 aliphatic heterocycles. The molecule has 0 atom stereocenters. The van der Waals surface area contributed by atoms with Crippen LogP contribution in [0.25, 0.3) is 82.1 Å². The molecule has 2 heteroatoms. The fraction of sp³-hybridized carbons (Fsp3) is 0.316. The lowest BCUT2D eigenvalue weighted by molar-refractivity contribution is 0.569. The molecule has 78 heavy (non-hydrogen) atoms. The van der Waals surface area contributed by atoms with E-state index in [0.717, 1.165) is 17.1 Å². The Kier molecular flexibility index (Phi) is 12.3. The number of hydrogen-bond acceptors (Lipinski definition) is 1. The van der Waals surface area contributed by atoms with E-state index in [9.17, 15) is 0 Å². The van der Waals surface area contributed by atoms with Crippen LogP contribution in [0.15, 0.2) is 170 Å². The molecule has 0 N–H and O–H groups in total. The number of rotatable bonds is 6. The molecule has 0 fully saturated rings. The van der Waals surface area contributed by atoms with E-state index in [4.69, 9.17) is 0 Å². The molecule has 0 amide bonds. The third-order valence-electron chi connectivity index (χ3n) is 16.9. The summed E-state index contributed by atoms with van der Waals surface area (Å²) in [5.41, 5.74) is 19.8. The van der Waals surface area contributed by atoms with Crippen molar-refractivity contribution in [2.24, 2.45) is 0 Å². The zero-order valence-corrected chi connectivity index (χ0v) is 50.1. The van der Waals surface area contributed by atoms with E-state index < -0.39 is 0 Å². The van der Waals surface area contributed by atoms with Crippen LogP contribution < -0.4 is 4.90 Å². The van der Waals surface area contributed by atoms with Crippen LogP contribution in [0.4, 0.5) is 17.1 Å². The Bertz CT molecular complexity index is 4000. The van der Waals surface area contributed by atoms with Gasteiger partial charge in [0.15, 0.2) is 0 Å². The lowest BCUT2D eigenvalue weighted by atomic mass is 9.77. The highest BCUT2D eigenvalue weighted by molar-refractivity contribution is 6.28. The van der Waals surface area contributed by atoms with Crippen molar-refractivity contribution >= 4 is 71.2 Å². The summed E-state index contributed by atoms with van der Waals surface area (Å²) in [6.45, 7) is 42.1. The summed E-state index contributed by atoms with van der Waals surface area (Å²) in [5, 5.41) is 10.1. The molecule has 11 aromatic rings. The maximum atomic E-state index is 2.59. The standard InChI is InChI=1S/C76H82N2/c1-71(2,3)51-30-24-47(25-31-51)68-60(50-40-54(74(10,11)12)42-55(41-50)75(13,14)15)45-56(76(16,17)18)46-67(68)77(57-22-20-19-21-23-57)63-36-28-48-27-35-59-64(37-29-49-26-34-58(63)69(48)70(49)59)78-65-38-32-52(72(4,5)6)43-61(65)62-44-53(73(7,8)9)33-39-66(62)78/h19-46H,1-18H3. The van der Waals surface area contributed by atoms with Crippen LogP contribution >= 0.6 is 0 Å². The molecule has 0 radical (unpaired) electrons. The Hall–Kier alpha value is -7.16. The number of fused-ring (bicyclic) bond motifs is 3. The number of anilines is 3. The summed E-state index contributed by atoms with van der Waals surface area (Å²) in [4.78, 5) is 2.59. The molecule has 10 aromatic carbocycles. The number of aromatic nitrogens is 1. The normalized spacial score (nSPS) is 13.3. The molecule has 396 valence electrons. The molecule has 0 unspecified atom stereocenters. The van der Waals surface area contributed by atoms with E-state index in [1.165, 1.54) is 115 Å². The molecule has 11 rings (SSSR count). The molecule has 1 aromatic heterocycles. The first-order chi connectivity index (χ1) is 36.5. The highest BCUT2D eigenvalue weighted by Crippen LogP contribution is 2.52. The van der Waals surface area contributed by atoms with E-state index in [1.807, 2.05) is 0 Å². The van der Waals surface area contributed by atoms with E-state index >= 15 is 0 Å². The van der Waals surface area contributed by atoms with Gasteiger partial charge in [-0.15, -0.1) is 0 Å². The summed E-state index contributed by atoms with van der Waals surface area (Å²) >= 11 is 0. The SMILES string of the molecule is CC(C)(C)c1ccc(-c2c(-c3cc(C(C)(C)C)cc(C(C)(C)C)c3)cc(C(C)(C)C)cc2N(c2ccccc2)c2ccc3ccc4c(-n5c6ccc(C(C)(C)C)cc6c6cc(C(C)(C)C)ccc65)ccc5ccc2c3c54)cc1. The van der Waals surface area contributed by atoms with Crippen molar-refractivity contribution in [2.45, 2.75) is 157 Å². The van der Waals surface area contributed by atoms with Gasteiger partial charge >= 0.3 is 0 Å². The molecular formula is C76H82N2. The minimum atomic E-state index is -0.163. The summed E-state index contributed by atoms with van der Waals surface area (Å²) in [5.74, 6) is 0. The first kappa shape index (κ1) is 52.9. The van der Waals surface area contributed by atoms with Gasteiger partial charge in [0.25, 0.3) is 0 Å². The summed E-state index contributed by atoms with van der Waals surface area (Å²) < 4.78 is 2.54. The summed E-state index contributed by atoms with van der Waals surface area (Å²) in [7, 11) is 0. The average molecular weight is 1020 g/mol. The Morgan fingerprint density at radius 3 is 1.27 bits per heavy atom. The van der Waals surface area contributed by atoms with Crippen molar-refractivity contribution in [3.63, 3.8) is 0 Å². The smallest absolute Gasteiger partial charge is 0.0549 e. The minimum absolute atomic E-state index is 0.00765. The largest absolute Gasteiger partial charge is 0.309 e. The summed E-state index contributed by atoms with van der Waals surface area (Å²) in [6.07, 6.45) is 0. The molecular weight excluding hydrogens is 941 g/mol. The quantitative estimate of drug-likeness (QED) is 0.151. The second-order valence-corrected chi connectivity index (χ2v) is 28.9. The number of benzene rings is 10. The molecule has 0 bridgehead atoms. The van der Waals surface area contributed by atoms with Crippen molar-refractivity contribution in [3.05, 3.63) is 203 Å². The van der Waals surface area contributed by atoms with Gasteiger partial charge in [-0.05, 0) is 165 Å². The van der Waals surface area contributed by atoms with Crippen molar-refractivity contribution in [1.82, 2.24) is 4.57 Å². The first-order valence-corrected chi connectivity index (χ1v) is 28.6. The Morgan fingerprint density at radius 2 is 0.756 bits per heavy atom. The molecule has 1 heterocycles. The predicted octanol–water partition coefficient (Wildman–Crippen LogP) is 22.3. The fourth-order valence-corrected chi connectivity index (χ4v) is 11.9. The van der Waals surface area contributed by atoms with Gasteiger partial charge in [-0.1, -0.05) is 234 Å². The van der Waals surface area contributed by atoms with Crippen molar-refractivity contribution < 1.29 is 0 Å². The van der Waals surface area contributed by atoms with Gasteiger partial charge < -0.3 is 9.47 Å². The number of hydrogen-bond donors (Lipinski definition) is 0. The first-order valence-electron chi connectivity index (χ1n) is 28.6. The van der Waals surface area contributed by atoms with E-state index in [-0.39, 0.29) is 32.5 Å². The predicted molar refractivity (Wildman–Crippen MR) is 342 cm³/mol. The molecule has 0 spiro atoms. The maximum Gasteiger partial charge on any atom is 0.0549 e. The topological polar surface area (TPSA) is 8.17 Å². The Labute approximate surface area is 466 Å². The van der Waals surface area contributed by atoms with Crippen LogP contribution in [-0.2, 0) is 32.5 Å². The highest BCUT2D eigenvalue weighted by Gasteiger charge is 2.30. The number of nitrogens with zero attached hydrogens (tertiary/aromatic N) is 2. The van der Waals surface area contributed by atoms with Crippen molar-refractivity contribution in [1.29, 1.82) is 0 Å². The fourth-order valence-electron chi connectivity index (χ4n) is 11.9. The zero-order chi connectivity index (χ0) is 55.8. The van der Waals surface area contributed by atoms with Gasteiger partial charge in [0.2, 0.25) is 0 Å². The van der Waals surface area contributed by atoms with Gasteiger partial charge in [-0.25, -0.2) is 0 Å². The third kappa shape index (κ3) is 9.27. The monoisotopic (exact) mass is 1020 g/mol. The molecule has 0 saturated heterocycles. The summed E-state index contributed by atoms with van der Waals surface area (Å²) in [6, 6.07) is 66.4. The van der Waals surface area contributed by atoms with Gasteiger partial charge in [-0.3, -0.25) is 0 Å². The Balaban J connectivity index is 1.24. The van der Waals surface area contributed by atoms with Crippen LogP contribution in [0.3, 0.4) is 0 Å². The van der Waals surface area contributed by atoms with Crippen LogP contribution in [0, 0.1) is 0 Å². The lowest BCUT2D eigenvalue weighted by Gasteiger charge is -2.33. The number of para-hydroxylation sites is 1. The van der Waals surface area contributed by atoms with Crippen molar-refractivity contribution in [2.75, 3.05) is 4.90 Å². The van der Waals surface area contributed by atoms with Crippen LogP contribution in [0.5, 0.6) is 0 Å². The average Bonchev–Trinajstić information content (AvgIpc) is 3.89. The van der Waals surface area contributed by atoms with Crippen LogP contribution in [-0.4, -0.2) is 4.57 Å². The van der Waals surface area contributed by atoms with Gasteiger partial charge in [0.1, 0.15) is 0 Å². The van der Waals surface area contributed by atoms with Crippen LogP contribution in [0.1, 0.15) is 158 Å². The van der Waals surface area contributed by atoms with Crippen molar-refractivity contribution in [3.8, 4) is 27.9 Å². The van der Waals surface area contributed by atoms with Crippen LogP contribution in [0.2, 0.25) is 0 Å². The minimum Gasteiger partial charge on any atom is -0.309 e. The zero-order valence-electron chi connectivity index (χ0n) is 50.1. The van der Waals surface area contributed by atoms with E-state index in [1.54, 1.807) is 0 Å². The third-order valence-corrected chi connectivity index (χ3v) is 16.9. The lowest BCUT2D eigenvalue weighted by Crippen LogP contribution is -2.18. The second kappa shape index (κ2) is 18.2.